The van der Waals surface area contributed by atoms with E-state index >= 15 is 0 Å². The molecule has 0 heterocycles. The first-order valence-corrected chi connectivity index (χ1v) is 9.00. The molecule has 2 aromatic rings. The third-order valence-electron chi connectivity index (χ3n) is 3.76. The fourth-order valence-corrected chi connectivity index (χ4v) is 2.85. The summed E-state index contributed by atoms with van der Waals surface area (Å²) in [7, 11) is 3.23. The van der Waals surface area contributed by atoms with Crippen molar-refractivity contribution in [2.24, 2.45) is 0 Å². The van der Waals surface area contributed by atoms with Gasteiger partial charge in [-0.3, -0.25) is 0 Å². The molecule has 0 aliphatic rings. The van der Waals surface area contributed by atoms with Gasteiger partial charge in [-0.05, 0) is 48.9 Å². The minimum absolute atomic E-state index is 0.373. The Morgan fingerprint density at radius 3 is 2.38 bits per heavy atom. The lowest BCUT2D eigenvalue weighted by atomic mass is 10.1. The molecule has 0 saturated carbocycles. The number of benzene rings is 2. The van der Waals surface area contributed by atoms with Gasteiger partial charge in [0, 0.05) is 18.0 Å². The zero-order chi connectivity index (χ0) is 18.9. The van der Waals surface area contributed by atoms with Crippen LogP contribution in [0, 0.1) is 0 Å². The van der Waals surface area contributed by atoms with Crippen LogP contribution < -0.4 is 19.5 Å². The molecule has 142 valence electrons. The molecular formula is C19H23Cl2NO4. The van der Waals surface area contributed by atoms with Crippen molar-refractivity contribution in [2.45, 2.75) is 19.1 Å². The van der Waals surface area contributed by atoms with Gasteiger partial charge in [-0.25, -0.2) is 0 Å². The van der Waals surface area contributed by atoms with E-state index in [4.69, 9.17) is 37.4 Å². The van der Waals surface area contributed by atoms with Crippen molar-refractivity contribution in [3.8, 4) is 17.2 Å². The van der Waals surface area contributed by atoms with Crippen LogP contribution in [0.1, 0.15) is 12.0 Å². The standard InChI is InChI=1S/C19H23Cl2NO4/c1-24-17-5-3-13(11-18(17)25-2)7-9-22-10-8-19(23)26-16-6-4-14(20)12-15(16)21/h3-6,11-12,19,22-23H,7-10H2,1-2H3. The molecular weight excluding hydrogens is 377 g/mol. The van der Waals surface area contributed by atoms with E-state index in [0.717, 1.165) is 18.5 Å². The highest BCUT2D eigenvalue weighted by Gasteiger charge is 2.09. The second-order valence-corrected chi connectivity index (χ2v) is 6.47. The quantitative estimate of drug-likeness (QED) is 0.468. The molecule has 1 atom stereocenters. The normalized spacial score (nSPS) is 11.9. The van der Waals surface area contributed by atoms with Crippen molar-refractivity contribution in [3.05, 3.63) is 52.0 Å². The minimum Gasteiger partial charge on any atom is -0.493 e. The second-order valence-electron chi connectivity index (χ2n) is 5.63. The molecule has 1 unspecified atom stereocenters. The van der Waals surface area contributed by atoms with Crippen molar-refractivity contribution in [1.29, 1.82) is 0 Å². The average molecular weight is 400 g/mol. The number of halogens is 2. The predicted molar refractivity (Wildman–Crippen MR) is 104 cm³/mol. The third-order valence-corrected chi connectivity index (χ3v) is 4.29. The Bertz CT molecular complexity index is 712. The Morgan fingerprint density at radius 2 is 1.69 bits per heavy atom. The first-order valence-electron chi connectivity index (χ1n) is 8.25. The zero-order valence-electron chi connectivity index (χ0n) is 14.8. The molecule has 5 nitrogen and oxygen atoms in total. The van der Waals surface area contributed by atoms with Crippen LogP contribution in [-0.2, 0) is 6.42 Å². The second kappa shape index (κ2) is 10.5. The van der Waals surface area contributed by atoms with Crippen molar-refractivity contribution in [2.75, 3.05) is 27.3 Å². The predicted octanol–water partition coefficient (Wildman–Crippen LogP) is 3.93. The van der Waals surface area contributed by atoms with Gasteiger partial charge in [0.25, 0.3) is 0 Å². The Hall–Kier alpha value is -1.66. The summed E-state index contributed by atoms with van der Waals surface area (Å²) in [4.78, 5) is 0. The van der Waals surface area contributed by atoms with Crippen LogP contribution in [0.5, 0.6) is 17.2 Å². The van der Waals surface area contributed by atoms with E-state index in [9.17, 15) is 5.11 Å². The topological polar surface area (TPSA) is 60.0 Å². The molecule has 0 bridgehead atoms. The van der Waals surface area contributed by atoms with E-state index < -0.39 is 6.29 Å². The summed E-state index contributed by atoms with van der Waals surface area (Å²) in [5, 5.41) is 14.1. The lowest BCUT2D eigenvalue weighted by Gasteiger charge is -2.15. The van der Waals surface area contributed by atoms with Crippen LogP contribution in [0.3, 0.4) is 0 Å². The number of aliphatic hydroxyl groups excluding tert-OH is 1. The molecule has 2 rings (SSSR count). The Kier molecular flexibility index (Phi) is 8.32. The molecule has 0 radical (unpaired) electrons. The molecule has 2 aromatic carbocycles. The van der Waals surface area contributed by atoms with Gasteiger partial charge in [-0.15, -0.1) is 0 Å². The molecule has 0 aliphatic carbocycles. The van der Waals surface area contributed by atoms with Gasteiger partial charge in [-0.2, -0.15) is 0 Å². The van der Waals surface area contributed by atoms with Gasteiger partial charge < -0.3 is 24.6 Å². The van der Waals surface area contributed by atoms with Gasteiger partial charge in [0.05, 0.1) is 19.2 Å². The largest absolute Gasteiger partial charge is 0.493 e. The number of nitrogens with one attached hydrogen (secondary N) is 1. The van der Waals surface area contributed by atoms with Gasteiger partial charge >= 0.3 is 0 Å². The monoisotopic (exact) mass is 399 g/mol. The number of methoxy groups -OCH3 is 2. The Labute approximate surface area is 163 Å². The SMILES string of the molecule is COc1ccc(CCNCCC(O)Oc2ccc(Cl)cc2Cl)cc1OC. The molecule has 26 heavy (non-hydrogen) atoms. The zero-order valence-corrected chi connectivity index (χ0v) is 16.3. The minimum atomic E-state index is -0.942. The van der Waals surface area contributed by atoms with Crippen molar-refractivity contribution >= 4 is 23.2 Å². The van der Waals surface area contributed by atoms with Crippen LogP contribution in [0.25, 0.3) is 0 Å². The summed E-state index contributed by atoms with van der Waals surface area (Å²) < 4.78 is 15.9. The van der Waals surface area contributed by atoms with Crippen molar-refractivity contribution < 1.29 is 19.3 Å². The smallest absolute Gasteiger partial charge is 0.198 e. The number of rotatable bonds is 10. The van der Waals surface area contributed by atoms with Crippen molar-refractivity contribution in [3.63, 3.8) is 0 Å². The molecule has 0 fully saturated rings. The van der Waals surface area contributed by atoms with Gasteiger partial charge in [0.1, 0.15) is 5.75 Å². The average Bonchev–Trinajstić information content (AvgIpc) is 2.63. The Morgan fingerprint density at radius 1 is 0.962 bits per heavy atom. The first-order chi connectivity index (χ1) is 12.5. The van der Waals surface area contributed by atoms with E-state index in [-0.39, 0.29) is 0 Å². The number of hydrogen-bond acceptors (Lipinski definition) is 5. The summed E-state index contributed by atoms with van der Waals surface area (Å²) in [6, 6.07) is 10.7. The highest BCUT2D eigenvalue weighted by atomic mass is 35.5. The fraction of sp³-hybridized carbons (Fsp3) is 0.368. The first kappa shape index (κ1) is 20.6. The molecule has 0 saturated heterocycles. The third kappa shape index (κ3) is 6.25. The summed E-state index contributed by atoms with van der Waals surface area (Å²) in [5.41, 5.74) is 1.14. The summed E-state index contributed by atoms with van der Waals surface area (Å²) in [6.45, 7) is 1.38. The summed E-state index contributed by atoms with van der Waals surface area (Å²) in [5.74, 6) is 1.84. The molecule has 0 aromatic heterocycles. The highest BCUT2D eigenvalue weighted by Crippen LogP contribution is 2.29. The van der Waals surface area contributed by atoms with Crippen LogP contribution in [-0.4, -0.2) is 38.7 Å². The van der Waals surface area contributed by atoms with E-state index in [1.807, 2.05) is 18.2 Å². The molecule has 7 heteroatoms. The van der Waals surface area contributed by atoms with E-state index in [0.29, 0.717) is 40.3 Å². The van der Waals surface area contributed by atoms with E-state index in [2.05, 4.69) is 5.32 Å². The van der Waals surface area contributed by atoms with Gasteiger partial charge in [0.15, 0.2) is 17.8 Å². The molecule has 2 N–H and O–H groups in total. The number of aliphatic hydroxyl groups is 1. The van der Waals surface area contributed by atoms with Crippen molar-refractivity contribution in [1.82, 2.24) is 5.32 Å². The molecule has 0 spiro atoms. The van der Waals surface area contributed by atoms with Crippen LogP contribution >= 0.6 is 23.2 Å². The number of hydrogen-bond donors (Lipinski definition) is 2. The van der Waals surface area contributed by atoms with Gasteiger partial charge in [0.2, 0.25) is 0 Å². The maximum atomic E-state index is 9.95. The van der Waals surface area contributed by atoms with Gasteiger partial charge in [-0.1, -0.05) is 29.3 Å². The fourth-order valence-electron chi connectivity index (χ4n) is 2.40. The maximum Gasteiger partial charge on any atom is 0.198 e. The lowest BCUT2D eigenvalue weighted by Crippen LogP contribution is -2.25. The van der Waals surface area contributed by atoms with E-state index in [1.54, 1.807) is 32.4 Å². The highest BCUT2D eigenvalue weighted by molar-refractivity contribution is 6.35. The van der Waals surface area contributed by atoms with Crippen LogP contribution in [0.15, 0.2) is 36.4 Å². The van der Waals surface area contributed by atoms with Crippen LogP contribution in [0.4, 0.5) is 0 Å². The summed E-state index contributed by atoms with van der Waals surface area (Å²) in [6.07, 6.45) is 0.327. The molecule has 0 aliphatic heterocycles. The Balaban J connectivity index is 1.70. The summed E-state index contributed by atoms with van der Waals surface area (Å²) >= 11 is 11.8. The van der Waals surface area contributed by atoms with Crippen LogP contribution in [0.2, 0.25) is 10.0 Å². The lowest BCUT2D eigenvalue weighted by molar-refractivity contribution is -0.0222. The van der Waals surface area contributed by atoms with E-state index in [1.165, 1.54) is 0 Å². The maximum absolute atomic E-state index is 9.95. The number of ether oxygens (including phenoxy) is 3. The molecule has 0 amide bonds.